The number of benzene rings is 1. The van der Waals surface area contributed by atoms with Gasteiger partial charge in [-0.1, -0.05) is 61.6 Å². The van der Waals surface area contributed by atoms with Gasteiger partial charge >= 0.3 is 12.4 Å². The molecule has 1 aliphatic carbocycles. The maximum Gasteiger partial charge on any atom is 0.416 e. The van der Waals surface area contributed by atoms with Crippen LogP contribution >= 0.6 is 0 Å². The van der Waals surface area contributed by atoms with Crippen molar-refractivity contribution in [1.29, 1.82) is 0 Å². The Kier molecular flexibility index (Phi) is 5.02. The van der Waals surface area contributed by atoms with Crippen molar-refractivity contribution >= 4 is 13.3 Å². The lowest BCUT2D eigenvalue weighted by atomic mass is 10.1. The van der Waals surface area contributed by atoms with E-state index in [-0.39, 0.29) is 17.2 Å². The number of halogens is 6. The zero-order valence-corrected chi connectivity index (χ0v) is 15.4. The smallest absolute Gasteiger partial charge is 0.166 e. The van der Waals surface area contributed by atoms with Crippen molar-refractivity contribution in [2.75, 3.05) is 0 Å². The predicted octanol–water partition coefficient (Wildman–Crippen LogP) is 6.09. The normalized spacial score (nSPS) is 16.3. The molecule has 2 rings (SSSR count). The molecule has 0 bridgehead atoms. The average molecular weight is 378 g/mol. The molecule has 1 aromatic rings. The number of allylic oxidation sites excluding steroid dienone is 4. The predicted molar refractivity (Wildman–Crippen MR) is 89.2 cm³/mol. The molecule has 0 saturated heterocycles. The molecule has 0 N–H and O–H groups in total. The van der Waals surface area contributed by atoms with Crippen LogP contribution in [-0.2, 0) is 12.4 Å². The van der Waals surface area contributed by atoms with E-state index < -0.39 is 31.6 Å². The summed E-state index contributed by atoms with van der Waals surface area (Å²) in [7, 11) is -2.68. The topological polar surface area (TPSA) is 0 Å². The van der Waals surface area contributed by atoms with E-state index in [0.717, 1.165) is 22.9 Å². The van der Waals surface area contributed by atoms with E-state index in [1.54, 1.807) is 0 Å². The van der Waals surface area contributed by atoms with Crippen LogP contribution < -0.4 is 5.19 Å². The van der Waals surface area contributed by atoms with Crippen molar-refractivity contribution in [3.63, 3.8) is 0 Å². The van der Waals surface area contributed by atoms with Crippen LogP contribution in [-0.4, -0.2) is 8.07 Å². The number of alkyl halides is 6. The van der Waals surface area contributed by atoms with Gasteiger partial charge in [0.2, 0.25) is 0 Å². The van der Waals surface area contributed by atoms with Crippen LogP contribution in [0, 0.1) is 5.92 Å². The third-order valence-electron chi connectivity index (χ3n) is 4.65. The van der Waals surface area contributed by atoms with E-state index in [0.29, 0.717) is 6.42 Å². The average Bonchev–Trinajstić information content (AvgIpc) is 2.95. The van der Waals surface area contributed by atoms with E-state index in [1.807, 2.05) is 39.1 Å². The molecule has 0 amide bonds. The van der Waals surface area contributed by atoms with Crippen molar-refractivity contribution in [3.8, 4) is 0 Å². The van der Waals surface area contributed by atoms with Crippen LogP contribution in [0.4, 0.5) is 26.3 Å². The molecule has 0 nitrogen and oxygen atoms in total. The van der Waals surface area contributed by atoms with E-state index in [9.17, 15) is 26.3 Å². The van der Waals surface area contributed by atoms with Gasteiger partial charge in [-0.25, -0.2) is 0 Å². The van der Waals surface area contributed by atoms with Gasteiger partial charge in [0.15, 0.2) is 0 Å². The Labute approximate surface area is 144 Å². The van der Waals surface area contributed by atoms with Gasteiger partial charge in [-0.05, 0) is 24.0 Å². The molecule has 0 heterocycles. The highest BCUT2D eigenvalue weighted by molar-refractivity contribution is 6.95. The third kappa shape index (κ3) is 4.02. The standard InChI is InChI=1S/C18H20F6Si/c1-11(2)15-6-5-7-16(15)25(3,4)14-9-12(17(19,20)21)8-13(10-14)18(22,23)24/h5-6,8-11H,7H2,1-4H3. The van der Waals surface area contributed by atoms with Gasteiger partial charge in [-0.3, -0.25) is 0 Å². The highest BCUT2D eigenvalue weighted by Crippen LogP contribution is 2.37. The second-order valence-corrected chi connectivity index (χ2v) is 11.5. The summed E-state index contributed by atoms with van der Waals surface area (Å²) < 4.78 is 78.8. The van der Waals surface area contributed by atoms with E-state index in [1.165, 1.54) is 0 Å². The van der Waals surface area contributed by atoms with Gasteiger partial charge in [0.25, 0.3) is 0 Å². The Bertz CT molecular complexity index is 688. The van der Waals surface area contributed by atoms with Crippen LogP contribution in [0.1, 0.15) is 31.4 Å². The maximum atomic E-state index is 13.1. The summed E-state index contributed by atoms with van der Waals surface area (Å²) in [5.41, 5.74) is -1.45. The summed E-state index contributed by atoms with van der Waals surface area (Å²) in [6.07, 6.45) is -5.18. The van der Waals surface area contributed by atoms with E-state index in [4.69, 9.17) is 0 Å². The van der Waals surface area contributed by atoms with Crippen molar-refractivity contribution in [2.24, 2.45) is 5.92 Å². The van der Waals surface area contributed by atoms with Gasteiger partial charge in [0.05, 0.1) is 11.1 Å². The lowest BCUT2D eigenvalue weighted by molar-refractivity contribution is -0.142. The molecule has 0 atom stereocenters. The molecule has 138 valence electrons. The van der Waals surface area contributed by atoms with Crippen LogP contribution in [0.15, 0.2) is 41.1 Å². The quantitative estimate of drug-likeness (QED) is 0.441. The van der Waals surface area contributed by atoms with Crippen LogP contribution in [0.2, 0.25) is 13.1 Å². The minimum Gasteiger partial charge on any atom is -0.166 e. The molecule has 0 spiro atoms. The summed E-state index contributed by atoms with van der Waals surface area (Å²) in [5.74, 6) is 0.174. The third-order valence-corrected chi connectivity index (χ3v) is 8.39. The Morgan fingerprint density at radius 3 is 1.76 bits per heavy atom. The second kappa shape index (κ2) is 6.34. The Hall–Kier alpha value is -1.50. The molecule has 0 unspecified atom stereocenters. The highest BCUT2D eigenvalue weighted by atomic mass is 28.3. The van der Waals surface area contributed by atoms with Crippen molar-refractivity contribution < 1.29 is 26.3 Å². The molecule has 0 aliphatic heterocycles. The van der Waals surface area contributed by atoms with Gasteiger partial charge < -0.3 is 0 Å². The molecule has 0 fully saturated rings. The van der Waals surface area contributed by atoms with Crippen molar-refractivity contribution in [1.82, 2.24) is 0 Å². The first-order valence-corrected chi connectivity index (χ1v) is 10.9. The fourth-order valence-electron chi connectivity index (χ4n) is 3.17. The first-order valence-electron chi connectivity index (χ1n) is 7.94. The van der Waals surface area contributed by atoms with E-state index in [2.05, 4.69) is 0 Å². The fourth-order valence-corrected chi connectivity index (χ4v) is 6.27. The number of hydrogen-bond acceptors (Lipinski definition) is 0. The summed E-state index contributed by atoms with van der Waals surface area (Å²) in [6.45, 7) is 7.58. The summed E-state index contributed by atoms with van der Waals surface area (Å²) >= 11 is 0. The molecule has 1 aliphatic rings. The summed E-state index contributed by atoms with van der Waals surface area (Å²) in [5, 5.41) is 1.15. The lowest BCUT2D eigenvalue weighted by Crippen LogP contribution is -2.45. The molecule has 25 heavy (non-hydrogen) atoms. The van der Waals surface area contributed by atoms with Crippen molar-refractivity contribution in [3.05, 3.63) is 52.2 Å². The molecular formula is C18H20F6Si. The second-order valence-electron chi connectivity index (χ2n) is 7.11. The molecule has 0 aromatic heterocycles. The minimum atomic E-state index is -4.82. The monoisotopic (exact) mass is 378 g/mol. The fraction of sp³-hybridized carbons (Fsp3) is 0.444. The first kappa shape index (κ1) is 19.8. The molecule has 1 aromatic carbocycles. The maximum absolute atomic E-state index is 13.1. The zero-order chi connectivity index (χ0) is 19.2. The molecule has 7 heteroatoms. The molecular weight excluding hydrogens is 358 g/mol. The van der Waals surface area contributed by atoms with Crippen molar-refractivity contribution in [2.45, 2.75) is 45.7 Å². The van der Waals surface area contributed by atoms with E-state index >= 15 is 0 Å². The highest BCUT2D eigenvalue weighted by Gasteiger charge is 2.40. The number of hydrogen-bond donors (Lipinski definition) is 0. The zero-order valence-electron chi connectivity index (χ0n) is 14.4. The Morgan fingerprint density at radius 2 is 1.36 bits per heavy atom. The van der Waals surface area contributed by atoms with Gasteiger partial charge in [0.1, 0.15) is 8.07 Å². The minimum absolute atomic E-state index is 0.159. The first-order chi connectivity index (χ1) is 11.2. The summed E-state index contributed by atoms with van der Waals surface area (Å²) in [4.78, 5) is 0. The Morgan fingerprint density at radius 1 is 0.880 bits per heavy atom. The van der Waals surface area contributed by atoms with Gasteiger partial charge in [-0.2, -0.15) is 26.3 Å². The summed E-state index contributed by atoms with van der Waals surface area (Å²) in [6, 6.07) is 1.98. The Balaban J connectivity index is 2.67. The van der Waals surface area contributed by atoms with Gasteiger partial charge in [0, 0.05) is 0 Å². The van der Waals surface area contributed by atoms with Crippen LogP contribution in [0.5, 0.6) is 0 Å². The SMILES string of the molecule is CC(C)C1=C([Si](C)(C)c2cc(C(F)(F)F)cc(C(F)(F)F)c2)CC=C1. The molecule has 0 saturated carbocycles. The largest absolute Gasteiger partial charge is 0.416 e. The lowest BCUT2D eigenvalue weighted by Gasteiger charge is -2.29. The van der Waals surface area contributed by atoms with Crippen LogP contribution in [0.3, 0.4) is 0 Å². The van der Waals surface area contributed by atoms with Gasteiger partial charge in [-0.15, -0.1) is 0 Å². The number of rotatable bonds is 3. The van der Waals surface area contributed by atoms with Crippen LogP contribution in [0.25, 0.3) is 0 Å². The molecule has 0 radical (unpaired) electrons.